The van der Waals surface area contributed by atoms with E-state index in [0.717, 1.165) is 0 Å². The van der Waals surface area contributed by atoms with Crippen LogP contribution in [0.25, 0.3) is 0 Å². The lowest BCUT2D eigenvalue weighted by Gasteiger charge is -2.58. The largest absolute Gasteiger partial charge is 0.469 e. The second-order valence-electron chi connectivity index (χ2n) is 6.45. The van der Waals surface area contributed by atoms with E-state index >= 15 is 0 Å². The van der Waals surface area contributed by atoms with Gasteiger partial charge in [-0.15, -0.1) is 12.4 Å². The van der Waals surface area contributed by atoms with E-state index in [1.54, 1.807) is 14.0 Å². The Kier molecular flexibility index (Phi) is 7.32. The van der Waals surface area contributed by atoms with E-state index in [4.69, 9.17) is 10.5 Å². The number of rotatable bonds is 6. The first-order chi connectivity index (χ1) is 9.61. The van der Waals surface area contributed by atoms with Crippen molar-refractivity contribution in [3.05, 3.63) is 0 Å². The Labute approximate surface area is 139 Å². The molecule has 0 saturated heterocycles. The molecule has 22 heavy (non-hydrogen) atoms. The van der Waals surface area contributed by atoms with Gasteiger partial charge < -0.3 is 20.1 Å². The molecule has 0 aromatic carbocycles. The first kappa shape index (κ1) is 21.1. The Morgan fingerprint density at radius 1 is 1.41 bits per heavy atom. The van der Waals surface area contributed by atoms with Crippen LogP contribution in [-0.2, 0) is 19.1 Å². The summed E-state index contributed by atoms with van der Waals surface area (Å²) in [6.45, 7) is 8.46. The summed E-state index contributed by atoms with van der Waals surface area (Å²) in [7, 11) is 3.01. The predicted octanol–water partition coefficient (Wildman–Crippen LogP) is 1.21. The zero-order valence-corrected chi connectivity index (χ0v) is 15.2. The summed E-state index contributed by atoms with van der Waals surface area (Å²) >= 11 is 0. The van der Waals surface area contributed by atoms with Crippen LogP contribution in [0.1, 0.15) is 34.1 Å². The van der Waals surface area contributed by atoms with Crippen molar-refractivity contribution < 1.29 is 19.1 Å². The molecule has 1 rings (SSSR count). The molecular formula is C15H29ClN2O4. The third-order valence-corrected chi connectivity index (χ3v) is 4.71. The third kappa shape index (κ3) is 3.55. The molecule has 1 fully saturated rings. The van der Waals surface area contributed by atoms with Crippen LogP contribution in [-0.4, -0.2) is 55.7 Å². The maximum atomic E-state index is 12.7. The van der Waals surface area contributed by atoms with Gasteiger partial charge in [0, 0.05) is 32.0 Å². The van der Waals surface area contributed by atoms with Crippen LogP contribution in [0.4, 0.5) is 0 Å². The lowest BCUT2D eigenvalue weighted by Crippen LogP contribution is -2.75. The Balaban J connectivity index is 0.00000441. The predicted molar refractivity (Wildman–Crippen MR) is 86.8 cm³/mol. The maximum absolute atomic E-state index is 12.7. The maximum Gasteiger partial charge on any atom is 0.310 e. The van der Waals surface area contributed by atoms with E-state index in [-0.39, 0.29) is 36.3 Å². The standard InChI is InChI=1S/C15H28N2O4.ClH/c1-7-21-11-8-15(16,14(11,3)4)13(19)17(5)9-10(2)12(18)20-6;/h10-11H,7-9,16H2,1-6H3;1H. The third-order valence-electron chi connectivity index (χ3n) is 4.71. The zero-order valence-electron chi connectivity index (χ0n) is 14.3. The van der Waals surface area contributed by atoms with Crippen LogP contribution in [0.3, 0.4) is 0 Å². The second-order valence-corrected chi connectivity index (χ2v) is 6.45. The molecule has 1 aliphatic rings. The van der Waals surface area contributed by atoms with Gasteiger partial charge in [0.2, 0.25) is 5.91 Å². The Hall–Kier alpha value is -0.850. The number of methoxy groups -OCH3 is 1. The van der Waals surface area contributed by atoms with E-state index in [1.807, 2.05) is 20.8 Å². The number of halogens is 1. The number of likely N-dealkylation sites (N-methyl/N-ethyl adjacent to an activating group) is 1. The van der Waals surface area contributed by atoms with Crippen LogP contribution < -0.4 is 5.73 Å². The number of amides is 1. The Bertz CT molecular complexity index is 416. The second kappa shape index (κ2) is 7.62. The highest BCUT2D eigenvalue weighted by Gasteiger charge is 2.63. The summed E-state index contributed by atoms with van der Waals surface area (Å²) in [6.07, 6.45) is 0.492. The van der Waals surface area contributed by atoms with Crippen molar-refractivity contribution in [2.75, 3.05) is 27.3 Å². The minimum Gasteiger partial charge on any atom is -0.469 e. The molecule has 0 aromatic heterocycles. The van der Waals surface area contributed by atoms with Crippen molar-refractivity contribution in [2.24, 2.45) is 17.1 Å². The Morgan fingerprint density at radius 2 is 1.95 bits per heavy atom. The van der Waals surface area contributed by atoms with E-state index in [1.165, 1.54) is 12.0 Å². The number of hydrogen-bond donors (Lipinski definition) is 1. The van der Waals surface area contributed by atoms with Crippen molar-refractivity contribution in [1.29, 1.82) is 0 Å². The molecular weight excluding hydrogens is 308 g/mol. The molecule has 0 spiro atoms. The number of carbonyl (C=O) groups excluding carboxylic acids is 2. The molecule has 0 heterocycles. The summed E-state index contributed by atoms with van der Waals surface area (Å²) in [6, 6.07) is 0. The molecule has 0 aromatic rings. The minimum absolute atomic E-state index is 0. The summed E-state index contributed by atoms with van der Waals surface area (Å²) in [5, 5.41) is 0. The van der Waals surface area contributed by atoms with E-state index in [0.29, 0.717) is 19.6 Å². The topological polar surface area (TPSA) is 81.9 Å². The van der Waals surface area contributed by atoms with Crippen LogP contribution >= 0.6 is 12.4 Å². The summed E-state index contributed by atoms with van der Waals surface area (Å²) < 4.78 is 10.3. The van der Waals surface area contributed by atoms with Gasteiger partial charge in [0.1, 0.15) is 5.54 Å². The van der Waals surface area contributed by atoms with E-state index in [9.17, 15) is 9.59 Å². The lowest BCUT2D eigenvalue weighted by atomic mass is 9.54. The van der Waals surface area contributed by atoms with Crippen molar-refractivity contribution in [1.82, 2.24) is 4.90 Å². The molecule has 7 heteroatoms. The number of ether oxygens (including phenoxy) is 2. The molecule has 3 atom stereocenters. The molecule has 3 unspecified atom stereocenters. The lowest BCUT2D eigenvalue weighted by molar-refractivity contribution is -0.179. The highest BCUT2D eigenvalue weighted by Crippen LogP contribution is 2.50. The normalized spacial score (nSPS) is 27.1. The van der Waals surface area contributed by atoms with Crippen LogP contribution in [0, 0.1) is 11.3 Å². The van der Waals surface area contributed by atoms with Gasteiger partial charge in [0.25, 0.3) is 0 Å². The molecule has 0 radical (unpaired) electrons. The fraction of sp³-hybridized carbons (Fsp3) is 0.867. The highest BCUT2D eigenvalue weighted by molar-refractivity contribution is 5.89. The number of hydrogen-bond acceptors (Lipinski definition) is 5. The van der Waals surface area contributed by atoms with Gasteiger partial charge in [0.05, 0.1) is 19.1 Å². The first-order valence-electron chi connectivity index (χ1n) is 7.35. The summed E-state index contributed by atoms with van der Waals surface area (Å²) in [4.78, 5) is 25.6. The monoisotopic (exact) mass is 336 g/mol. The van der Waals surface area contributed by atoms with Crippen molar-refractivity contribution in [3.8, 4) is 0 Å². The zero-order chi connectivity index (χ0) is 16.4. The molecule has 0 aliphatic heterocycles. The number of nitrogens with zero attached hydrogens (tertiary/aromatic N) is 1. The van der Waals surface area contributed by atoms with Gasteiger partial charge in [-0.3, -0.25) is 9.59 Å². The number of esters is 1. The van der Waals surface area contributed by atoms with Gasteiger partial charge in [-0.1, -0.05) is 20.8 Å². The molecule has 130 valence electrons. The molecule has 1 saturated carbocycles. The molecule has 2 N–H and O–H groups in total. The average molecular weight is 337 g/mol. The quantitative estimate of drug-likeness (QED) is 0.737. The summed E-state index contributed by atoms with van der Waals surface area (Å²) in [5.41, 5.74) is 4.97. The van der Waals surface area contributed by atoms with Crippen molar-refractivity contribution in [2.45, 2.75) is 45.8 Å². The van der Waals surface area contributed by atoms with Gasteiger partial charge in [-0.25, -0.2) is 0 Å². The average Bonchev–Trinajstić information content (AvgIpc) is 2.44. The molecule has 0 bridgehead atoms. The fourth-order valence-electron chi connectivity index (χ4n) is 2.91. The molecule has 1 aliphatic carbocycles. The highest BCUT2D eigenvalue weighted by atomic mass is 35.5. The van der Waals surface area contributed by atoms with Gasteiger partial charge in [0.15, 0.2) is 0 Å². The van der Waals surface area contributed by atoms with Gasteiger partial charge in [-0.05, 0) is 6.92 Å². The van der Waals surface area contributed by atoms with E-state index in [2.05, 4.69) is 4.74 Å². The first-order valence-corrected chi connectivity index (χ1v) is 7.35. The van der Waals surface area contributed by atoms with Crippen LogP contribution in [0.15, 0.2) is 0 Å². The van der Waals surface area contributed by atoms with Crippen molar-refractivity contribution >= 4 is 24.3 Å². The minimum atomic E-state index is -0.947. The van der Waals surface area contributed by atoms with Gasteiger partial charge >= 0.3 is 5.97 Å². The Morgan fingerprint density at radius 3 is 2.36 bits per heavy atom. The fourth-order valence-corrected chi connectivity index (χ4v) is 2.91. The number of nitrogens with two attached hydrogens (primary N) is 1. The van der Waals surface area contributed by atoms with Gasteiger partial charge in [-0.2, -0.15) is 0 Å². The van der Waals surface area contributed by atoms with Crippen LogP contribution in [0.5, 0.6) is 0 Å². The summed E-state index contributed by atoms with van der Waals surface area (Å²) in [5.74, 6) is -0.863. The smallest absolute Gasteiger partial charge is 0.310 e. The number of carbonyl (C=O) groups is 2. The molecule has 6 nitrogen and oxygen atoms in total. The van der Waals surface area contributed by atoms with Crippen LogP contribution in [0.2, 0.25) is 0 Å². The van der Waals surface area contributed by atoms with E-state index < -0.39 is 11.0 Å². The van der Waals surface area contributed by atoms with Crippen molar-refractivity contribution in [3.63, 3.8) is 0 Å². The molecule has 1 amide bonds. The SMILES string of the molecule is CCOC1CC(N)(C(=O)N(C)CC(C)C(=O)OC)C1(C)C.Cl.